The quantitative estimate of drug-likeness (QED) is 0.826. The van der Waals surface area contributed by atoms with Gasteiger partial charge in [0.2, 0.25) is 5.91 Å². The minimum atomic E-state index is -2.83. The largest absolute Gasteiger partial charge is 0.335 e. The summed E-state index contributed by atoms with van der Waals surface area (Å²) in [5.74, 6) is -3.77. The Bertz CT molecular complexity index is 639. The molecule has 2 aliphatic heterocycles. The van der Waals surface area contributed by atoms with E-state index in [2.05, 4.69) is 5.32 Å². The molecule has 1 unspecified atom stereocenters. The zero-order valence-electron chi connectivity index (χ0n) is 12.7. The number of nitrogens with zero attached hydrogens (tertiary/aromatic N) is 1. The maximum Gasteiger partial charge on any atom is 0.261 e. The maximum absolute atomic E-state index is 13.6. The van der Waals surface area contributed by atoms with E-state index < -0.39 is 18.3 Å². The van der Waals surface area contributed by atoms with E-state index in [0.717, 1.165) is 11.1 Å². The summed E-state index contributed by atoms with van der Waals surface area (Å²) in [7, 11) is 0. The predicted molar refractivity (Wildman–Crippen MR) is 86.2 cm³/mol. The molecular weight excluding hydrogens is 345 g/mol. The summed E-state index contributed by atoms with van der Waals surface area (Å²) in [5, 5.41) is 3.74. The summed E-state index contributed by atoms with van der Waals surface area (Å²) in [6.45, 7) is 2.30. The van der Waals surface area contributed by atoms with Crippen molar-refractivity contribution < 1.29 is 13.6 Å². The normalized spacial score (nSPS) is 26.7. The molecule has 1 amide bonds. The highest BCUT2D eigenvalue weighted by atomic mass is 35.5. The Balaban J connectivity index is 1.83. The van der Waals surface area contributed by atoms with E-state index in [4.69, 9.17) is 23.2 Å². The first-order valence-electron chi connectivity index (χ1n) is 7.65. The highest BCUT2D eigenvalue weighted by molar-refractivity contribution is 6.35. The number of amides is 1. The van der Waals surface area contributed by atoms with Gasteiger partial charge in [0.1, 0.15) is 0 Å². The molecule has 1 fully saturated rings. The predicted octanol–water partition coefficient (Wildman–Crippen LogP) is 3.68. The second-order valence-corrected chi connectivity index (χ2v) is 7.15. The van der Waals surface area contributed by atoms with Crippen LogP contribution in [0.1, 0.15) is 30.5 Å². The molecule has 126 valence electrons. The zero-order chi connectivity index (χ0) is 16.8. The average molecular weight is 363 g/mol. The van der Waals surface area contributed by atoms with E-state index >= 15 is 0 Å². The van der Waals surface area contributed by atoms with Gasteiger partial charge in [-0.1, -0.05) is 23.2 Å². The van der Waals surface area contributed by atoms with Crippen LogP contribution in [0, 0.1) is 5.92 Å². The number of halogens is 4. The molecule has 1 saturated heterocycles. The highest BCUT2D eigenvalue weighted by Gasteiger charge is 2.42. The molecule has 1 aromatic rings. The standard InChI is InChI=1S/C16H18Cl2F2N2O/c1-9-14-10(4-12(17)5-13(14)18)2-3-22(9)15(23)11-6-16(19,20)8-21-7-11/h4-5,9,11,21H,2-3,6-8H2,1H3/t9-,11?/m0/s1. The molecule has 1 N–H and O–H groups in total. The summed E-state index contributed by atoms with van der Waals surface area (Å²) < 4.78 is 27.1. The second-order valence-electron chi connectivity index (χ2n) is 6.31. The summed E-state index contributed by atoms with van der Waals surface area (Å²) in [6.07, 6.45) is 0.228. The fourth-order valence-electron chi connectivity index (χ4n) is 3.55. The SMILES string of the molecule is C[C@H]1c2c(Cl)cc(Cl)cc2CCN1C(=O)C1CNCC(F)(F)C1. The Morgan fingerprint density at radius 2 is 2.13 bits per heavy atom. The number of carbonyl (C=O) groups is 1. The van der Waals surface area contributed by atoms with Crippen LogP contribution in [0.3, 0.4) is 0 Å². The van der Waals surface area contributed by atoms with Crippen molar-refractivity contribution in [3.8, 4) is 0 Å². The molecule has 0 bridgehead atoms. The van der Waals surface area contributed by atoms with E-state index in [-0.39, 0.29) is 18.5 Å². The smallest absolute Gasteiger partial charge is 0.261 e. The van der Waals surface area contributed by atoms with E-state index in [1.165, 1.54) is 0 Å². The lowest BCUT2D eigenvalue weighted by Crippen LogP contribution is -2.51. The van der Waals surface area contributed by atoms with Crippen LogP contribution in [0.25, 0.3) is 0 Å². The van der Waals surface area contributed by atoms with Crippen LogP contribution in [0.5, 0.6) is 0 Å². The molecule has 2 atom stereocenters. The number of rotatable bonds is 1. The minimum absolute atomic E-state index is 0.235. The van der Waals surface area contributed by atoms with E-state index in [1.54, 1.807) is 11.0 Å². The number of benzene rings is 1. The molecule has 2 heterocycles. The lowest BCUT2D eigenvalue weighted by Gasteiger charge is -2.39. The number of carbonyl (C=O) groups excluding carboxylic acids is 1. The molecule has 0 aliphatic carbocycles. The van der Waals surface area contributed by atoms with Crippen LogP contribution < -0.4 is 5.32 Å². The number of fused-ring (bicyclic) bond motifs is 1. The van der Waals surface area contributed by atoms with Gasteiger partial charge in [-0.3, -0.25) is 4.79 Å². The molecule has 0 aromatic heterocycles. The van der Waals surface area contributed by atoms with Gasteiger partial charge < -0.3 is 10.2 Å². The van der Waals surface area contributed by atoms with Crippen molar-refractivity contribution in [2.45, 2.75) is 31.7 Å². The van der Waals surface area contributed by atoms with Gasteiger partial charge in [-0.2, -0.15) is 0 Å². The van der Waals surface area contributed by atoms with Crippen molar-refractivity contribution >= 4 is 29.1 Å². The molecule has 1 aromatic carbocycles. The Morgan fingerprint density at radius 3 is 2.83 bits per heavy atom. The molecule has 3 rings (SSSR count). The third-order valence-electron chi connectivity index (χ3n) is 4.64. The number of hydrogen-bond donors (Lipinski definition) is 1. The van der Waals surface area contributed by atoms with Gasteiger partial charge in [0.25, 0.3) is 5.92 Å². The molecule has 0 radical (unpaired) electrons. The first-order valence-corrected chi connectivity index (χ1v) is 8.41. The fraction of sp³-hybridized carbons (Fsp3) is 0.562. The van der Waals surface area contributed by atoms with Crippen molar-refractivity contribution in [2.75, 3.05) is 19.6 Å². The molecule has 2 aliphatic rings. The zero-order valence-corrected chi connectivity index (χ0v) is 14.2. The van der Waals surface area contributed by atoms with Gasteiger partial charge in [0.05, 0.1) is 18.5 Å². The van der Waals surface area contributed by atoms with Crippen LogP contribution in [0.4, 0.5) is 8.78 Å². The van der Waals surface area contributed by atoms with E-state index in [9.17, 15) is 13.6 Å². The van der Waals surface area contributed by atoms with Crippen molar-refractivity contribution in [3.63, 3.8) is 0 Å². The van der Waals surface area contributed by atoms with Crippen LogP contribution in [-0.2, 0) is 11.2 Å². The number of nitrogens with one attached hydrogen (secondary N) is 1. The second kappa shape index (κ2) is 6.19. The Labute approximate surface area is 143 Å². The first kappa shape index (κ1) is 16.9. The van der Waals surface area contributed by atoms with Gasteiger partial charge >= 0.3 is 0 Å². The third-order valence-corrected chi connectivity index (χ3v) is 5.17. The van der Waals surface area contributed by atoms with Crippen molar-refractivity contribution in [1.29, 1.82) is 0 Å². The van der Waals surface area contributed by atoms with Gasteiger partial charge in [-0.05, 0) is 36.6 Å². The van der Waals surface area contributed by atoms with Crippen molar-refractivity contribution in [3.05, 3.63) is 33.3 Å². The summed E-state index contributed by atoms with van der Waals surface area (Å²) in [6, 6.07) is 3.27. The molecule has 3 nitrogen and oxygen atoms in total. The van der Waals surface area contributed by atoms with Gasteiger partial charge in [0, 0.05) is 29.6 Å². The van der Waals surface area contributed by atoms with Gasteiger partial charge in [-0.25, -0.2) is 8.78 Å². The number of hydrogen-bond acceptors (Lipinski definition) is 2. The van der Waals surface area contributed by atoms with Crippen molar-refractivity contribution in [1.82, 2.24) is 10.2 Å². The average Bonchev–Trinajstić information content (AvgIpc) is 2.45. The number of alkyl halides is 2. The lowest BCUT2D eigenvalue weighted by molar-refractivity contribution is -0.143. The molecule has 23 heavy (non-hydrogen) atoms. The molecular formula is C16H18Cl2F2N2O. The van der Waals surface area contributed by atoms with Gasteiger partial charge in [-0.15, -0.1) is 0 Å². The summed E-state index contributed by atoms with van der Waals surface area (Å²) in [4.78, 5) is 14.4. The first-order chi connectivity index (χ1) is 10.8. The molecule has 7 heteroatoms. The molecule has 0 saturated carbocycles. The van der Waals surface area contributed by atoms with E-state index in [0.29, 0.717) is 29.6 Å². The Kier molecular flexibility index (Phi) is 4.55. The number of piperidine rings is 1. The van der Waals surface area contributed by atoms with E-state index in [1.807, 2.05) is 13.0 Å². The fourth-order valence-corrected chi connectivity index (χ4v) is 4.24. The van der Waals surface area contributed by atoms with Crippen LogP contribution in [0.15, 0.2) is 12.1 Å². The monoisotopic (exact) mass is 362 g/mol. The van der Waals surface area contributed by atoms with Crippen LogP contribution >= 0.6 is 23.2 Å². The van der Waals surface area contributed by atoms with Crippen LogP contribution in [-0.4, -0.2) is 36.4 Å². The topological polar surface area (TPSA) is 32.3 Å². The summed E-state index contributed by atoms with van der Waals surface area (Å²) in [5.41, 5.74) is 1.89. The Morgan fingerprint density at radius 1 is 1.39 bits per heavy atom. The Hall–Kier alpha value is -0.910. The minimum Gasteiger partial charge on any atom is -0.335 e. The van der Waals surface area contributed by atoms with Crippen LogP contribution in [0.2, 0.25) is 10.0 Å². The highest BCUT2D eigenvalue weighted by Crippen LogP contribution is 2.38. The third kappa shape index (κ3) is 3.32. The molecule has 0 spiro atoms. The van der Waals surface area contributed by atoms with Gasteiger partial charge in [0.15, 0.2) is 0 Å². The lowest BCUT2D eigenvalue weighted by atomic mass is 9.90. The van der Waals surface area contributed by atoms with Crippen molar-refractivity contribution in [2.24, 2.45) is 5.92 Å². The summed E-state index contributed by atoms with van der Waals surface area (Å²) >= 11 is 12.3. The maximum atomic E-state index is 13.6.